The molecule has 1 aromatic carbocycles. The van der Waals surface area contributed by atoms with Gasteiger partial charge in [0.2, 0.25) is 0 Å². The van der Waals surface area contributed by atoms with E-state index in [0.29, 0.717) is 6.42 Å². The number of rotatable bonds is 5. The van der Waals surface area contributed by atoms with E-state index in [1.54, 1.807) is 0 Å². The Labute approximate surface area is 115 Å². The molecule has 3 rings (SSSR count). The predicted octanol–water partition coefficient (Wildman–Crippen LogP) is 2.04. The lowest BCUT2D eigenvalue weighted by Gasteiger charge is -2.34. The van der Waals surface area contributed by atoms with E-state index < -0.39 is 0 Å². The maximum absolute atomic E-state index is 12.0. The molecule has 1 saturated heterocycles. The summed E-state index contributed by atoms with van der Waals surface area (Å²) in [6.45, 7) is 5.53. The van der Waals surface area contributed by atoms with Crippen molar-refractivity contribution in [2.45, 2.75) is 25.3 Å². The van der Waals surface area contributed by atoms with Crippen molar-refractivity contribution in [3.8, 4) is 0 Å². The fourth-order valence-corrected chi connectivity index (χ4v) is 2.82. The van der Waals surface area contributed by atoms with Crippen LogP contribution >= 0.6 is 0 Å². The van der Waals surface area contributed by atoms with Gasteiger partial charge in [-0.3, -0.25) is 9.69 Å². The third kappa shape index (κ3) is 3.43. The lowest BCUT2D eigenvalue weighted by Crippen LogP contribution is -2.47. The fraction of sp³-hybridized carbons (Fsp3) is 0.562. The minimum atomic E-state index is 0.269. The summed E-state index contributed by atoms with van der Waals surface area (Å²) in [6, 6.07) is 10.5. The minimum absolute atomic E-state index is 0.269. The Balaban J connectivity index is 1.42. The summed E-state index contributed by atoms with van der Waals surface area (Å²) < 4.78 is 0. The molecule has 3 nitrogen and oxygen atoms in total. The summed E-state index contributed by atoms with van der Waals surface area (Å²) in [4.78, 5) is 17.1. The quantitative estimate of drug-likeness (QED) is 0.755. The summed E-state index contributed by atoms with van der Waals surface area (Å²) in [7, 11) is 0. The van der Waals surface area contributed by atoms with Crippen LogP contribution < -0.4 is 0 Å². The van der Waals surface area contributed by atoms with Gasteiger partial charge in [0.05, 0.1) is 0 Å². The molecule has 0 unspecified atom stereocenters. The van der Waals surface area contributed by atoms with Gasteiger partial charge in [-0.25, -0.2) is 0 Å². The van der Waals surface area contributed by atoms with Crippen molar-refractivity contribution in [1.29, 1.82) is 0 Å². The predicted molar refractivity (Wildman–Crippen MR) is 76.4 cm³/mol. The zero-order valence-corrected chi connectivity index (χ0v) is 11.4. The third-order valence-corrected chi connectivity index (χ3v) is 4.22. The lowest BCUT2D eigenvalue weighted by atomic mass is 10.1. The van der Waals surface area contributed by atoms with Crippen molar-refractivity contribution in [3.63, 3.8) is 0 Å². The topological polar surface area (TPSA) is 23.6 Å². The standard InChI is InChI=1S/C16H22N2O/c19-16(14-4-2-1-3-5-14)8-9-17-10-12-18(13-11-17)15-6-7-15/h1-5,15H,6-13H2. The van der Waals surface area contributed by atoms with Crippen LogP contribution in [0.4, 0.5) is 0 Å². The van der Waals surface area contributed by atoms with E-state index >= 15 is 0 Å². The molecule has 19 heavy (non-hydrogen) atoms. The van der Waals surface area contributed by atoms with Crippen molar-refractivity contribution in [1.82, 2.24) is 9.80 Å². The van der Waals surface area contributed by atoms with Gasteiger partial charge in [0.15, 0.2) is 5.78 Å². The van der Waals surface area contributed by atoms with Crippen LogP contribution in [0, 0.1) is 0 Å². The van der Waals surface area contributed by atoms with Crippen molar-refractivity contribution in [2.24, 2.45) is 0 Å². The number of hydrogen-bond donors (Lipinski definition) is 0. The first kappa shape index (κ1) is 12.8. The molecular formula is C16H22N2O. The summed E-state index contributed by atoms with van der Waals surface area (Å²) in [5.74, 6) is 0.269. The highest BCUT2D eigenvalue weighted by atomic mass is 16.1. The Morgan fingerprint density at radius 2 is 1.74 bits per heavy atom. The van der Waals surface area contributed by atoms with Gasteiger partial charge in [0.1, 0.15) is 0 Å². The van der Waals surface area contributed by atoms with E-state index in [2.05, 4.69) is 9.80 Å². The van der Waals surface area contributed by atoms with E-state index in [4.69, 9.17) is 0 Å². The van der Waals surface area contributed by atoms with E-state index in [1.807, 2.05) is 30.3 Å². The van der Waals surface area contributed by atoms with E-state index in [9.17, 15) is 4.79 Å². The van der Waals surface area contributed by atoms with Crippen LogP contribution in [0.15, 0.2) is 30.3 Å². The number of carbonyl (C=O) groups excluding carboxylic acids is 1. The Morgan fingerprint density at radius 3 is 2.37 bits per heavy atom. The SMILES string of the molecule is O=C(CCN1CCN(C2CC2)CC1)c1ccccc1. The van der Waals surface area contributed by atoms with E-state index in [0.717, 1.165) is 31.2 Å². The highest BCUT2D eigenvalue weighted by molar-refractivity contribution is 5.96. The van der Waals surface area contributed by atoms with Gasteiger partial charge in [0, 0.05) is 50.7 Å². The molecule has 1 aromatic rings. The number of piperazine rings is 1. The van der Waals surface area contributed by atoms with Crippen LogP contribution in [0.3, 0.4) is 0 Å². The summed E-state index contributed by atoms with van der Waals surface area (Å²) in [5.41, 5.74) is 0.846. The van der Waals surface area contributed by atoms with Crippen molar-refractivity contribution in [3.05, 3.63) is 35.9 Å². The number of Topliss-reactive ketones (excluding diaryl/α,β-unsaturated/α-hetero) is 1. The molecule has 2 aliphatic rings. The second-order valence-corrected chi connectivity index (χ2v) is 5.65. The molecule has 1 aliphatic heterocycles. The van der Waals surface area contributed by atoms with Crippen LogP contribution in [-0.4, -0.2) is 54.3 Å². The molecule has 0 N–H and O–H groups in total. The fourth-order valence-electron chi connectivity index (χ4n) is 2.82. The Hall–Kier alpha value is -1.19. The van der Waals surface area contributed by atoms with Crippen molar-refractivity contribution < 1.29 is 4.79 Å². The van der Waals surface area contributed by atoms with Gasteiger partial charge in [-0.1, -0.05) is 30.3 Å². The molecule has 1 aliphatic carbocycles. The first-order chi connectivity index (χ1) is 9.33. The number of nitrogens with zero attached hydrogens (tertiary/aromatic N) is 2. The Morgan fingerprint density at radius 1 is 1.05 bits per heavy atom. The second kappa shape index (κ2) is 5.85. The molecule has 0 radical (unpaired) electrons. The van der Waals surface area contributed by atoms with Gasteiger partial charge < -0.3 is 4.90 Å². The molecule has 3 heteroatoms. The molecular weight excluding hydrogens is 236 g/mol. The largest absolute Gasteiger partial charge is 0.300 e. The molecule has 1 heterocycles. The number of carbonyl (C=O) groups is 1. The highest BCUT2D eigenvalue weighted by Gasteiger charge is 2.31. The second-order valence-electron chi connectivity index (χ2n) is 5.65. The molecule has 0 bridgehead atoms. The smallest absolute Gasteiger partial charge is 0.164 e. The van der Waals surface area contributed by atoms with Crippen molar-refractivity contribution in [2.75, 3.05) is 32.7 Å². The third-order valence-electron chi connectivity index (χ3n) is 4.22. The first-order valence-electron chi connectivity index (χ1n) is 7.37. The Bertz CT molecular complexity index is 420. The average molecular weight is 258 g/mol. The van der Waals surface area contributed by atoms with Crippen LogP contribution in [0.2, 0.25) is 0 Å². The number of ketones is 1. The summed E-state index contributed by atoms with van der Waals surface area (Å²) in [5, 5.41) is 0. The lowest BCUT2D eigenvalue weighted by molar-refractivity contribution is 0.0921. The van der Waals surface area contributed by atoms with Crippen LogP contribution in [0.5, 0.6) is 0 Å². The van der Waals surface area contributed by atoms with E-state index in [1.165, 1.54) is 25.9 Å². The molecule has 2 fully saturated rings. The van der Waals surface area contributed by atoms with Crippen molar-refractivity contribution >= 4 is 5.78 Å². The summed E-state index contributed by atoms with van der Waals surface area (Å²) >= 11 is 0. The monoisotopic (exact) mass is 258 g/mol. The number of hydrogen-bond acceptors (Lipinski definition) is 3. The van der Waals surface area contributed by atoms with E-state index in [-0.39, 0.29) is 5.78 Å². The average Bonchev–Trinajstić information content (AvgIpc) is 3.31. The first-order valence-corrected chi connectivity index (χ1v) is 7.37. The Kier molecular flexibility index (Phi) is 3.95. The summed E-state index contributed by atoms with van der Waals surface area (Å²) in [6.07, 6.45) is 3.44. The van der Waals surface area contributed by atoms with Gasteiger partial charge in [-0.15, -0.1) is 0 Å². The van der Waals surface area contributed by atoms with Gasteiger partial charge in [0.25, 0.3) is 0 Å². The minimum Gasteiger partial charge on any atom is -0.300 e. The van der Waals surface area contributed by atoms with Crippen LogP contribution in [0.25, 0.3) is 0 Å². The highest BCUT2D eigenvalue weighted by Crippen LogP contribution is 2.27. The molecule has 0 amide bonds. The maximum Gasteiger partial charge on any atom is 0.164 e. The molecule has 102 valence electrons. The van der Waals surface area contributed by atoms with Crippen LogP contribution in [0.1, 0.15) is 29.6 Å². The molecule has 0 atom stereocenters. The molecule has 0 aromatic heterocycles. The molecule has 0 spiro atoms. The van der Waals surface area contributed by atoms with Gasteiger partial charge >= 0.3 is 0 Å². The zero-order chi connectivity index (χ0) is 13.1. The molecule has 1 saturated carbocycles. The number of benzene rings is 1. The van der Waals surface area contributed by atoms with Gasteiger partial charge in [-0.05, 0) is 12.8 Å². The normalized spacial score (nSPS) is 21.5. The zero-order valence-electron chi connectivity index (χ0n) is 11.4. The van der Waals surface area contributed by atoms with Gasteiger partial charge in [-0.2, -0.15) is 0 Å². The van der Waals surface area contributed by atoms with Crippen LogP contribution in [-0.2, 0) is 0 Å². The maximum atomic E-state index is 12.0.